The molecule has 2 N–H and O–H groups in total. The third kappa shape index (κ3) is 3.84. The normalized spacial score (nSPS) is 13.2. The monoisotopic (exact) mass is 362 g/mol. The van der Waals surface area contributed by atoms with Crippen LogP contribution in [0.5, 0.6) is 0 Å². The Labute approximate surface area is 155 Å². The number of nitrogens with one attached hydrogen (secondary N) is 2. The SMILES string of the molecule is Cc1cc(NC(=O)c2cccc(NC(=O)C3CC3)c2)ccc1-n1cnnn1. The fourth-order valence-electron chi connectivity index (χ4n) is 2.79. The molecule has 0 radical (unpaired) electrons. The van der Waals surface area contributed by atoms with Gasteiger partial charge < -0.3 is 10.6 Å². The molecule has 8 heteroatoms. The van der Waals surface area contributed by atoms with Crippen molar-refractivity contribution in [3.63, 3.8) is 0 Å². The van der Waals surface area contributed by atoms with Crippen LogP contribution >= 0.6 is 0 Å². The summed E-state index contributed by atoms with van der Waals surface area (Å²) in [7, 11) is 0. The molecule has 27 heavy (non-hydrogen) atoms. The molecule has 0 spiro atoms. The number of amides is 2. The molecule has 0 unspecified atom stereocenters. The van der Waals surface area contributed by atoms with E-state index in [1.54, 1.807) is 35.0 Å². The second-order valence-electron chi connectivity index (χ2n) is 6.55. The van der Waals surface area contributed by atoms with E-state index in [1.807, 2.05) is 19.1 Å². The number of tetrazole rings is 1. The standard InChI is InChI=1S/C19H18N6O2/c1-12-9-16(7-8-17(12)25-11-20-23-24-25)22-19(27)14-3-2-4-15(10-14)21-18(26)13-5-6-13/h2-4,7-11,13H,5-6H2,1H3,(H,21,26)(H,22,27). The molecule has 0 saturated heterocycles. The third-order valence-electron chi connectivity index (χ3n) is 4.39. The molecule has 1 saturated carbocycles. The smallest absolute Gasteiger partial charge is 0.255 e. The fourth-order valence-corrected chi connectivity index (χ4v) is 2.79. The topological polar surface area (TPSA) is 102 Å². The van der Waals surface area contributed by atoms with Gasteiger partial charge in [-0.3, -0.25) is 9.59 Å². The van der Waals surface area contributed by atoms with Crippen LogP contribution in [0.3, 0.4) is 0 Å². The summed E-state index contributed by atoms with van der Waals surface area (Å²) in [6.07, 6.45) is 3.39. The lowest BCUT2D eigenvalue weighted by atomic mass is 10.1. The molecule has 2 aromatic carbocycles. The highest BCUT2D eigenvalue weighted by atomic mass is 16.2. The van der Waals surface area contributed by atoms with E-state index in [-0.39, 0.29) is 17.7 Å². The van der Waals surface area contributed by atoms with Crippen molar-refractivity contribution in [2.45, 2.75) is 19.8 Å². The molecule has 1 aromatic heterocycles. The van der Waals surface area contributed by atoms with Crippen LogP contribution in [0.15, 0.2) is 48.8 Å². The summed E-state index contributed by atoms with van der Waals surface area (Å²) in [5, 5.41) is 16.9. The molecule has 0 atom stereocenters. The molecule has 1 heterocycles. The Balaban J connectivity index is 1.47. The minimum Gasteiger partial charge on any atom is -0.326 e. The number of anilines is 2. The minimum atomic E-state index is -0.243. The molecule has 136 valence electrons. The number of nitrogens with zero attached hydrogens (tertiary/aromatic N) is 4. The second kappa shape index (κ2) is 6.99. The number of benzene rings is 2. The van der Waals surface area contributed by atoms with Crippen molar-refractivity contribution in [2.75, 3.05) is 10.6 Å². The number of aromatic nitrogens is 4. The summed E-state index contributed by atoms with van der Waals surface area (Å²) < 4.78 is 1.56. The summed E-state index contributed by atoms with van der Waals surface area (Å²) in [6.45, 7) is 1.92. The quantitative estimate of drug-likeness (QED) is 0.726. The van der Waals surface area contributed by atoms with E-state index >= 15 is 0 Å². The van der Waals surface area contributed by atoms with Crippen LogP contribution in [0, 0.1) is 12.8 Å². The van der Waals surface area contributed by atoms with Gasteiger partial charge in [-0.15, -0.1) is 5.10 Å². The van der Waals surface area contributed by atoms with Crippen LogP contribution in [-0.2, 0) is 4.79 Å². The van der Waals surface area contributed by atoms with Crippen molar-refractivity contribution in [1.29, 1.82) is 0 Å². The molecule has 1 aliphatic carbocycles. The summed E-state index contributed by atoms with van der Waals surface area (Å²) in [4.78, 5) is 24.4. The number of carbonyl (C=O) groups excluding carboxylic acids is 2. The van der Waals surface area contributed by atoms with Crippen molar-refractivity contribution in [2.24, 2.45) is 5.92 Å². The van der Waals surface area contributed by atoms with Crippen molar-refractivity contribution in [3.8, 4) is 5.69 Å². The summed E-state index contributed by atoms with van der Waals surface area (Å²) in [6, 6.07) is 12.4. The van der Waals surface area contributed by atoms with Gasteiger partial charge in [-0.25, -0.2) is 4.68 Å². The first kappa shape index (κ1) is 16.9. The Hall–Kier alpha value is -3.55. The first-order valence-corrected chi connectivity index (χ1v) is 8.66. The van der Waals surface area contributed by atoms with E-state index < -0.39 is 0 Å². The molecular formula is C19H18N6O2. The Morgan fingerprint density at radius 3 is 2.59 bits per heavy atom. The van der Waals surface area contributed by atoms with Gasteiger partial charge in [0.1, 0.15) is 6.33 Å². The first-order chi connectivity index (χ1) is 13.1. The Morgan fingerprint density at radius 2 is 1.89 bits per heavy atom. The van der Waals surface area contributed by atoms with Crippen molar-refractivity contribution in [1.82, 2.24) is 20.2 Å². The number of hydrogen-bond acceptors (Lipinski definition) is 5. The zero-order valence-corrected chi connectivity index (χ0v) is 14.7. The maximum Gasteiger partial charge on any atom is 0.255 e. The molecule has 2 amide bonds. The van der Waals surface area contributed by atoms with Crippen LogP contribution in [0.4, 0.5) is 11.4 Å². The maximum absolute atomic E-state index is 12.6. The van der Waals surface area contributed by atoms with Gasteiger partial charge in [0, 0.05) is 22.9 Å². The maximum atomic E-state index is 12.6. The number of hydrogen-bond donors (Lipinski definition) is 2. The zero-order chi connectivity index (χ0) is 18.8. The van der Waals surface area contributed by atoms with Crippen molar-refractivity contribution in [3.05, 3.63) is 59.9 Å². The summed E-state index contributed by atoms with van der Waals surface area (Å²) in [5.41, 5.74) is 3.53. The minimum absolute atomic E-state index is 0.0152. The lowest BCUT2D eigenvalue weighted by Gasteiger charge is -2.10. The predicted octanol–water partition coefficient (Wildman–Crippen LogP) is 2.57. The number of rotatable bonds is 5. The van der Waals surface area contributed by atoms with Gasteiger partial charge in [0.05, 0.1) is 5.69 Å². The van der Waals surface area contributed by atoms with E-state index in [4.69, 9.17) is 0 Å². The highest BCUT2D eigenvalue weighted by molar-refractivity contribution is 6.05. The van der Waals surface area contributed by atoms with Crippen LogP contribution in [0.2, 0.25) is 0 Å². The lowest BCUT2D eigenvalue weighted by molar-refractivity contribution is -0.117. The number of aryl methyl sites for hydroxylation is 1. The molecule has 0 aliphatic heterocycles. The van der Waals surface area contributed by atoms with E-state index in [9.17, 15) is 9.59 Å². The largest absolute Gasteiger partial charge is 0.326 e. The van der Waals surface area contributed by atoms with Crippen molar-refractivity contribution >= 4 is 23.2 Å². The van der Waals surface area contributed by atoms with Crippen LogP contribution in [0.25, 0.3) is 5.69 Å². The van der Waals surface area contributed by atoms with Crippen LogP contribution in [0.1, 0.15) is 28.8 Å². The van der Waals surface area contributed by atoms with Gasteiger partial charge in [0.25, 0.3) is 5.91 Å². The van der Waals surface area contributed by atoms with Gasteiger partial charge in [0.15, 0.2) is 0 Å². The van der Waals surface area contributed by atoms with E-state index in [1.165, 1.54) is 6.33 Å². The van der Waals surface area contributed by atoms with Crippen LogP contribution < -0.4 is 10.6 Å². The van der Waals surface area contributed by atoms with E-state index in [0.717, 1.165) is 24.1 Å². The Bertz CT molecular complexity index is 995. The zero-order valence-electron chi connectivity index (χ0n) is 14.7. The van der Waals surface area contributed by atoms with E-state index in [2.05, 4.69) is 26.2 Å². The highest BCUT2D eigenvalue weighted by Crippen LogP contribution is 2.30. The number of carbonyl (C=O) groups is 2. The van der Waals surface area contributed by atoms with Gasteiger partial charge in [0.2, 0.25) is 5.91 Å². The fraction of sp³-hybridized carbons (Fsp3) is 0.211. The highest BCUT2D eigenvalue weighted by Gasteiger charge is 2.29. The molecule has 4 rings (SSSR count). The predicted molar refractivity (Wildman–Crippen MR) is 99.6 cm³/mol. The molecule has 3 aromatic rings. The molecule has 8 nitrogen and oxygen atoms in total. The van der Waals surface area contributed by atoms with Gasteiger partial charge >= 0.3 is 0 Å². The lowest BCUT2D eigenvalue weighted by Crippen LogP contribution is -2.15. The van der Waals surface area contributed by atoms with Gasteiger partial charge in [-0.2, -0.15) is 0 Å². The Morgan fingerprint density at radius 1 is 1.07 bits per heavy atom. The third-order valence-corrected chi connectivity index (χ3v) is 4.39. The van der Waals surface area contributed by atoms with Crippen molar-refractivity contribution < 1.29 is 9.59 Å². The second-order valence-corrected chi connectivity index (χ2v) is 6.55. The van der Waals surface area contributed by atoms with E-state index in [0.29, 0.717) is 16.9 Å². The van der Waals surface area contributed by atoms with Gasteiger partial charge in [-0.1, -0.05) is 6.07 Å². The van der Waals surface area contributed by atoms with Gasteiger partial charge in [-0.05, 0) is 72.2 Å². The molecule has 0 bridgehead atoms. The molecular weight excluding hydrogens is 344 g/mol. The molecule has 1 fully saturated rings. The average Bonchev–Trinajstić information content (AvgIpc) is 3.38. The molecule has 1 aliphatic rings. The van der Waals surface area contributed by atoms with Crippen LogP contribution in [-0.4, -0.2) is 32.0 Å². The summed E-state index contributed by atoms with van der Waals surface area (Å²) in [5.74, 6) is -0.113. The summed E-state index contributed by atoms with van der Waals surface area (Å²) >= 11 is 0. The first-order valence-electron chi connectivity index (χ1n) is 8.66. The Kier molecular flexibility index (Phi) is 4.37. The average molecular weight is 362 g/mol.